The molecule has 1 heterocycles. The van der Waals surface area contributed by atoms with Crippen LogP contribution in [0.15, 0.2) is 41.8 Å². The number of benzene rings is 1. The van der Waals surface area contributed by atoms with E-state index in [1.165, 1.54) is 4.88 Å². The van der Waals surface area contributed by atoms with Crippen LogP contribution in [0.2, 0.25) is 0 Å². The maximum atomic E-state index is 12.5. The topological polar surface area (TPSA) is 32.8 Å². The van der Waals surface area contributed by atoms with Gasteiger partial charge in [0.15, 0.2) is 0 Å². The van der Waals surface area contributed by atoms with Crippen molar-refractivity contribution in [2.75, 3.05) is 26.7 Å². The molecule has 130 valence electrons. The van der Waals surface area contributed by atoms with Gasteiger partial charge in [-0.05, 0) is 31.4 Å². The average Bonchev–Trinajstić information content (AvgIpc) is 3.09. The second-order valence-electron chi connectivity index (χ2n) is 5.60. The van der Waals surface area contributed by atoms with Gasteiger partial charge >= 0.3 is 0 Å². The van der Waals surface area contributed by atoms with Crippen LogP contribution in [0.1, 0.15) is 24.3 Å². The number of ether oxygens (including phenoxy) is 1. The SMILES string of the molecule is CCN(CC)C(=O)CN(Cc1cccs1)Cc1ccccc1OC. The third-order valence-corrected chi connectivity index (χ3v) is 4.88. The third kappa shape index (κ3) is 5.08. The Labute approximate surface area is 148 Å². The first-order valence-corrected chi connectivity index (χ1v) is 9.20. The number of amides is 1. The van der Waals surface area contributed by atoms with Gasteiger partial charge in [0.2, 0.25) is 5.91 Å². The summed E-state index contributed by atoms with van der Waals surface area (Å²) in [7, 11) is 1.68. The van der Waals surface area contributed by atoms with Crippen molar-refractivity contribution in [1.82, 2.24) is 9.80 Å². The van der Waals surface area contributed by atoms with Crippen molar-refractivity contribution in [2.24, 2.45) is 0 Å². The first-order valence-electron chi connectivity index (χ1n) is 8.32. The van der Waals surface area contributed by atoms with Crippen molar-refractivity contribution < 1.29 is 9.53 Å². The number of thiophene rings is 1. The Bertz CT molecular complexity index is 624. The molecule has 2 rings (SSSR count). The number of likely N-dealkylation sites (N-methyl/N-ethyl adjacent to an activating group) is 1. The molecule has 0 aliphatic carbocycles. The molecule has 0 bridgehead atoms. The number of hydrogen-bond acceptors (Lipinski definition) is 4. The third-order valence-electron chi connectivity index (χ3n) is 4.02. The van der Waals surface area contributed by atoms with Crippen LogP contribution in [0.4, 0.5) is 0 Å². The Morgan fingerprint density at radius 2 is 1.83 bits per heavy atom. The van der Waals surface area contributed by atoms with E-state index in [4.69, 9.17) is 4.74 Å². The van der Waals surface area contributed by atoms with Gasteiger partial charge in [0.05, 0.1) is 13.7 Å². The van der Waals surface area contributed by atoms with Crippen LogP contribution in [0.25, 0.3) is 0 Å². The Hall–Kier alpha value is -1.85. The highest BCUT2D eigenvalue weighted by atomic mass is 32.1. The summed E-state index contributed by atoms with van der Waals surface area (Å²) >= 11 is 1.72. The largest absolute Gasteiger partial charge is 0.496 e. The molecule has 0 saturated heterocycles. The van der Waals surface area contributed by atoms with E-state index in [-0.39, 0.29) is 5.91 Å². The minimum atomic E-state index is 0.173. The number of rotatable bonds is 9. The minimum absolute atomic E-state index is 0.173. The Morgan fingerprint density at radius 1 is 1.08 bits per heavy atom. The number of para-hydroxylation sites is 1. The van der Waals surface area contributed by atoms with Gasteiger partial charge in [-0.15, -0.1) is 11.3 Å². The first-order chi connectivity index (χ1) is 11.7. The maximum absolute atomic E-state index is 12.5. The molecule has 0 radical (unpaired) electrons. The number of nitrogens with zero attached hydrogens (tertiary/aromatic N) is 2. The second kappa shape index (κ2) is 9.45. The number of hydrogen-bond donors (Lipinski definition) is 0. The van der Waals surface area contributed by atoms with Gasteiger partial charge in [0.1, 0.15) is 5.75 Å². The monoisotopic (exact) mass is 346 g/mol. The number of carbonyl (C=O) groups excluding carboxylic acids is 1. The van der Waals surface area contributed by atoms with Crippen LogP contribution < -0.4 is 4.74 Å². The molecule has 5 heteroatoms. The van der Waals surface area contributed by atoms with E-state index in [0.29, 0.717) is 13.1 Å². The highest BCUT2D eigenvalue weighted by Gasteiger charge is 2.17. The fraction of sp³-hybridized carbons (Fsp3) is 0.421. The van der Waals surface area contributed by atoms with E-state index in [1.807, 2.05) is 43.0 Å². The maximum Gasteiger partial charge on any atom is 0.236 e. The smallest absolute Gasteiger partial charge is 0.236 e. The lowest BCUT2D eigenvalue weighted by Gasteiger charge is -2.26. The van der Waals surface area contributed by atoms with Crippen molar-refractivity contribution >= 4 is 17.2 Å². The highest BCUT2D eigenvalue weighted by molar-refractivity contribution is 7.09. The van der Waals surface area contributed by atoms with Crippen molar-refractivity contribution in [1.29, 1.82) is 0 Å². The van der Waals surface area contributed by atoms with Crippen molar-refractivity contribution in [2.45, 2.75) is 26.9 Å². The zero-order chi connectivity index (χ0) is 17.4. The first kappa shape index (κ1) is 18.5. The quantitative estimate of drug-likeness (QED) is 0.695. The molecule has 0 fully saturated rings. The standard InChI is InChI=1S/C19H26N2O2S/c1-4-21(5-2)19(22)15-20(14-17-10-8-12-24-17)13-16-9-6-7-11-18(16)23-3/h6-12H,4-5,13-15H2,1-3H3. The molecule has 1 aromatic carbocycles. The summed E-state index contributed by atoms with van der Waals surface area (Å²) in [6.07, 6.45) is 0. The summed E-state index contributed by atoms with van der Waals surface area (Å²) in [6, 6.07) is 12.2. The lowest BCUT2D eigenvalue weighted by molar-refractivity contribution is -0.132. The summed E-state index contributed by atoms with van der Waals surface area (Å²) in [4.78, 5) is 17.9. The molecule has 1 aromatic heterocycles. The van der Waals surface area contributed by atoms with Gasteiger partial charge < -0.3 is 9.64 Å². The van der Waals surface area contributed by atoms with Gasteiger partial charge in [0.25, 0.3) is 0 Å². The van der Waals surface area contributed by atoms with Crippen LogP contribution in [-0.2, 0) is 17.9 Å². The summed E-state index contributed by atoms with van der Waals surface area (Å²) < 4.78 is 5.46. The molecular weight excluding hydrogens is 320 g/mol. The molecule has 24 heavy (non-hydrogen) atoms. The molecule has 0 spiro atoms. The molecule has 0 N–H and O–H groups in total. The number of carbonyl (C=O) groups is 1. The van der Waals surface area contributed by atoms with E-state index in [9.17, 15) is 4.79 Å². The zero-order valence-electron chi connectivity index (χ0n) is 14.7. The van der Waals surface area contributed by atoms with Crippen LogP contribution >= 0.6 is 11.3 Å². The summed E-state index contributed by atoms with van der Waals surface area (Å²) in [5.74, 6) is 1.04. The highest BCUT2D eigenvalue weighted by Crippen LogP contribution is 2.21. The Kier molecular flexibility index (Phi) is 7.28. The van der Waals surface area contributed by atoms with Crippen LogP contribution in [0, 0.1) is 0 Å². The molecule has 0 unspecified atom stereocenters. The van der Waals surface area contributed by atoms with E-state index < -0.39 is 0 Å². The van der Waals surface area contributed by atoms with Gasteiger partial charge in [-0.2, -0.15) is 0 Å². The summed E-state index contributed by atoms with van der Waals surface area (Å²) in [5.41, 5.74) is 1.10. The summed E-state index contributed by atoms with van der Waals surface area (Å²) in [5, 5.41) is 2.07. The van der Waals surface area contributed by atoms with E-state index in [2.05, 4.69) is 22.4 Å². The van der Waals surface area contributed by atoms with Crippen molar-refractivity contribution in [3.63, 3.8) is 0 Å². The molecule has 0 aliphatic heterocycles. The molecule has 4 nitrogen and oxygen atoms in total. The fourth-order valence-corrected chi connectivity index (χ4v) is 3.48. The number of methoxy groups -OCH3 is 1. The van der Waals surface area contributed by atoms with Crippen molar-refractivity contribution in [3.05, 3.63) is 52.2 Å². The van der Waals surface area contributed by atoms with Gasteiger partial charge in [-0.1, -0.05) is 24.3 Å². The molecular formula is C19H26N2O2S. The van der Waals surface area contributed by atoms with Gasteiger partial charge in [-0.3, -0.25) is 9.69 Å². The molecule has 0 saturated carbocycles. The Morgan fingerprint density at radius 3 is 2.46 bits per heavy atom. The lowest BCUT2D eigenvalue weighted by atomic mass is 10.2. The fourth-order valence-electron chi connectivity index (χ4n) is 2.73. The van der Waals surface area contributed by atoms with Gasteiger partial charge in [-0.25, -0.2) is 0 Å². The van der Waals surface area contributed by atoms with Crippen molar-refractivity contribution in [3.8, 4) is 5.75 Å². The van der Waals surface area contributed by atoms with Crippen LogP contribution in [0.5, 0.6) is 5.75 Å². The van der Waals surface area contributed by atoms with Crippen LogP contribution in [-0.4, -0.2) is 42.5 Å². The molecule has 2 aromatic rings. The average molecular weight is 346 g/mol. The van der Waals surface area contributed by atoms with E-state index >= 15 is 0 Å². The van der Waals surface area contributed by atoms with Crippen LogP contribution in [0.3, 0.4) is 0 Å². The minimum Gasteiger partial charge on any atom is -0.496 e. The zero-order valence-corrected chi connectivity index (χ0v) is 15.5. The Balaban J connectivity index is 2.14. The van der Waals surface area contributed by atoms with E-state index in [1.54, 1.807) is 18.4 Å². The van der Waals surface area contributed by atoms with Gasteiger partial charge in [0, 0.05) is 36.6 Å². The van der Waals surface area contributed by atoms with E-state index in [0.717, 1.165) is 30.9 Å². The lowest BCUT2D eigenvalue weighted by Crippen LogP contribution is -2.39. The second-order valence-corrected chi connectivity index (χ2v) is 6.63. The summed E-state index contributed by atoms with van der Waals surface area (Å²) in [6.45, 7) is 7.40. The molecule has 0 aliphatic rings. The predicted octanol–water partition coefficient (Wildman–Crippen LogP) is 3.63. The predicted molar refractivity (Wildman–Crippen MR) is 99.4 cm³/mol. The normalized spacial score (nSPS) is 10.8. The molecule has 1 amide bonds. The molecule has 0 atom stereocenters.